The van der Waals surface area contributed by atoms with Gasteiger partial charge in [-0.05, 0) is 55.3 Å². The summed E-state index contributed by atoms with van der Waals surface area (Å²) < 4.78 is 3.56. The van der Waals surface area contributed by atoms with Gasteiger partial charge in [0.1, 0.15) is 0 Å². The molecule has 0 aliphatic heterocycles. The Morgan fingerprint density at radius 1 is 1.15 bits per heavy atom. The molecule has 5 atom stereocenters. The van der Waals surface area contributed by atoms with Crippen LogP contribution in [0.15, 0.2) is 0 Å². The quantitative estimate of drug-likeness (QED) is 0.578. The van der Waals surface area contributed by atoms with Crippen LogP contribution in [0.25, 0.3) is 0 Å². The maximum Gasteiger partial charge on any atom is 0.0245 e. The van der Waals surface area contributed by atoms with Gasteiger partial charge in [0.15, 0.2) is 0 Å². The van der Waals surface area contributed by atoms with E-state index in [4.69, 9.17) is 0 Å². The Balaban J connectivity index is 1.93. The molecule has 0 amide bonds. The van der Waals surface area contributed by atoms with Crippen molar-refractivity contribution in [3.8, 4) is 0 Å². The average molecular weight is 291 g/mol. The molecule has 13 heavy (non-hydrogen) atoms. The Morgan fingerprint density at radius 2 is 1.77 bits per heavy atom. The molecular formula is C11H18IN. The fourth-order valence-corrected chi connectivity index (χ4v) is 5.93. The summed E-state index contributed by atoms with van der Waals surface area (Å²) in [5.41, 5.74) is 0.649. The van der Waals surface area contributed by atoms with Gasteiger partial charge in [-0.3, -0.25) is 3.53 Å². The lowest BCUT2D eigenvalue weighted by Gasteiger charge is -2.59. The zero-order valence-corrected chi connectivity index (χ0v) is 10.4. The first kappa shape index (κ1) is 8.96. The minimum Gasteiger partial charge on any atom is -0.257 e. The van der Waals surface area contributed by atoms with Gasteiger partial charge >= 0.3 is 0 Å². The smallest absolute Gasteiger partial charge is 0.0245 e. The Hall–Kier alpha value is 0.690. The second-order valence-corrected chi connectivity index (χ2v) is 6.47. The van der Waals surface area contributed by atoms with Crippen LogP contribution >= 0.6 is 22.9 Å². The third kappa shape index (κ3) is 1.21. The fourth-order valence-electron chi connectivity index (χ4n) is 4.67. The molecule has 2 heteroatoms. The Morgan fingerprint density at radius 3 is 2.23 bits per heavy atom. The summed E-state index contributed by atoms with van der Waals surface area (Å²) in [4.78, 5) is 0. The van der Waals surface area contributed by atoms with Gasteiger partial charge in [0.2, 0.25) is 0 Å². The molecule has 4 bridgehead atoms. The summed E-state index contributed by atoms with van der Waals surface area (Å²) in [7, 11) is 0. The van der Waals surface area contributed by atoms with Crippen LogP contribution in [0, 0.1) is 23.2 Å². The second-order valence-electron chi connectivity index (χ2n) is 5.85. The number of nitrogens with one attached hydrogen (secondary N) is 1. The van der Waals surface area contributed by atoms with Crippen LogP contribution in [0.2, 0.25) is 0 Å². The summed E-state index contributed by atoms with van der Waals surface area (Å²) in [5.74, 6) is 3.18. The van der Waals surface area contributed by atoms with Crippen LogP contribution in [0.5, 0.6) is 0 Å². The van der Waals surface area contributed by atoms with E-state index >= 15 is 0 Å². The molecule has 4 fully saturated rings. The van der Waals surface area contributed by atoms with Crippen LogP contribution in [0.3, 0.4) is 0 Å². The van der Waals surface area contributed by atoms with Gasteiger partial charge in [-0.1, -0.05) is 6.92 Å². The molecule has 1 N–H and O–H groups in total. The van der Waals surface area contributed by atoms with E-state index in [1.807, 2.05) is 0 Å². The molecule has 0 aromatic carbocycles. The summed E-state index contributed by atoms with van der Waals surface area (Å²) >= 11 is 2.38. The van der Waals surface area contributed by atoms with E-state index in [0.29, 0.717) is 5.41 Å². The molecule has 0 aromatic heterocycles. The molecule has 0 aromatic rings. The molecule has 0 heterocycles. The lowest BCUT2D eigenvalue weighted by molar-refractivity contribution is -0.0640. The van der Waals surface area contributed by atoms with E-state index in [0.717, 1.165) is 23.8 Å². The first-order chi connectivity index (χ1) is 6.21. The normalized spacial score (nSPS) is 58.6. The topological polar surface area (TPSA) is 12.0 Å². The third-order valence-corrected chi connectivity index (χ3v) is 5.46. The third-order valence-electron chi connectivity index (χ3n) is 4.79. The lowest BCUT2D eigenvalue weighted by Crippen LogP contribution is -2.58. The van der Waals surface area contributed by atoms with Crippen molar-refractivity contribution in [1.29, 1.82) is 0 Å². The number of rotatable bonds is 1. The minimum atomic E-state index is 0.649. The van der Waals surface area contributed by atoms with Gasteiger partial charge in [0.05, 0.1) is 0 Å². The highest BCUT2D eigenvalue weighted by Gasteiger charge is 2.54. The van der Waals surface area contributed by atoms with Gasteiger partial charge in [-0.15, -0.1) is 0 Å². The molecule has 0 radical (unpaired) electrons. The molecule has 3 unspecified atom stereocenters. The molecule has 0 saturated heterocycles. The highest BCUT2D eigenvalue weighted by Crippen LogP contribution is 2.59. The van der Waals surface area contributed by atoms with E-state index in [1.54, 1.807) is 6.42 Å². The highest BCUT2D eigenvalue weighted by molar-refractivity contribution is 14.1. The minimum absolute atomic E-state index is 0.649. The molecule has 1 nitrogen and oxygen atoms in total. The molecule has 0 spiro atoms. The van der Waals surface area contributed by atoms with Gasteiger partial charge in [-0.2, -0.15) is 0 Å². The standard InChI is InChI=1S/C11H18IN/c1-11-5-7-2-8(6-11)4-9(3-7)10(11)13-12/h7-10,13H,2-6H2,1H3/t7-,8?,9+,10?,11?/m0/s1. The van der Waals surface area contributed by atoms with E-state index < -0.39 is 0 Å². The van der Waals surface area contributed by atoms with Gasteiger partial charge < -0.3 is 0 Å². The molecule has 4 aliphatic carbocycles. The summed E-state index contributed by atoms with van der Waals surface area (Å²) in [5, 5.41) is 0. The number of hydrogen-bond donors (Lipinski definition) is 1. The van der Waals surface area contributed by atoms with Crippen LogP contribution in [0.1, 0.15) is 39.0 Å². The number of halogens is 1. The summed E-state index contributed by atoms with van der Waals surface area (Å²) in [6.45, 7) is 2.52. The molecule has 4 rings (SSSR count). The zero-order chi connectivity index (χ0) is 9.05. The summed E-state index contributed by atoms with van der Waals surface area (Å²) in [6.07, 6.45) is 7.60. The van der Waals surface area contributed by atoms with Crippen molar-refractivity contribution in [2.45, 2.75) is 45.1 Å². The van der Waals surface area contributed by atoms with E-state index in [9.17, 15) is 0 Å². The molecule has 4 saturated carbocycles. The predicted molar refractivity (Wildman–Crippen MR) is 62.6 cm³/mol. The van der Waals surface area contributed by atoms with Gasteiger partial charge in [0.25, 0.3) is 0 Å². The number of hydrogen-bond acceptors (Lipinski definition) is 1. The highest BCUT2D eigenvalue weighted by atomic mass is 127. The molecule has 74 valence electrons. The van der Waals surface area contributed by atoms with Crippen LogP contribution in [-0.2, 0) is 0 Å². The lowest BCUT2D eigenvalue weighted by atomic mass is 9.48. The van der Waals surface area contributed by atoms with Crippen LogP contribution in [-0.4, -0.2) is 6.04 Å². The van der Waals surface area contributed by atoms with E-state index in [-0.39, 0.29) is 0 Å². The Labute approximate surface area is 94.5 Å². The first-order valence-electron chi connectivity index (χ1n) is 5.57. The molecule has 4 aliphatic rings. The van der Waals surface area contributed by atoms with Gasteiger partial charge in [0, 0.05) is 28.9 Å². The van der Waals surface area contributed by atoms with Crippen molar-refractivity contribution >= 4 is 22.9 Å². The van der Waals surface area contributed by atoms with E-state index in [1.165, 1.54) is 25.7 Å². The fraction of sp³-hybridized carbons (Fsp3) is 1.00. The van der Waals surface area contributed by atoms with Gasteiger partial charge in [-0.25, -0.2) is 0 Å². The van der Waals surface area contributed by atoms with Crippen molar-refractivity contribution < 1.29 is 0 Å². The maximum atomic E-state index is 3.56. The predicted octanol–water partition coefficient (Wildman–Crippen LogP) is 3.14. The van der Waals surface area contributed by atoms with Crippen molar-refractivity contribution in [3.05, 3.63) is 0 Å². The SMILES string of the molecule is CC12CC3C[C@@H](C[C@H](C3)C1NI)C2. The van der Waals surface area contributed by atoms with Crippen molar-refractivity contribution in [2.75, 3.05) is 0 Å². The van der Waals surface area contributed by atoms with Crippen molar-refractivity contribution in [1.82, 2.24) is 3.53 Å². The van der Waals surface area contributed by atoms with Crippen molar-refractivity contribution in [2.24, 2.45) is 23.2 Å². The average Bonchev–Trinajstić information content (AvgIpc) is 2.00. The Kier molecular flexibility index (Phi) is 1.96. The zero-order valence-electron chi connectivity index (χ0n) is 8.22. The van der Waals surface area contributed by atoms with Crippen LogP contribution < -0.4 is 3.53 Å². The largest absolute Gasteiger partial charge is 0.257 e. The van der Waals surface area contributed by atoms with E-state index in [2.05, 4.69) is 33.3 Å². The summed E-state index contributed by atoms with van der Waals surface area (Å²) in [6, 6.07) is 0.820. The first-order valence-corrected chi connectivity index (χ1v) is 6.65. The Bertz CT molecular complexity index is 214. The van der Waals surface area contributed by atoms with Crippen molar-refractivity contribution in [3.63, 3.8) is 0 Å². The second kappa shape index (κ2) is 2.84. The monoisotopic (exact) mass is 291 g/mol. The molecular weight excluding hydrogens is 273 g/mol. The van der Waals surface area contributed by atoms with Crippen LogP contribution in [0.4, 0.5) is 0 Å². The maximum absolute atomic E-state index is 3.56.